The number of halogens is 3. The molecule has 3 aromatic rings. The molecule has 0 spiro atoms. The zero-order chi connectivity index (χ0) is 21.3. The monoisotopic (exact) mass is 404 g/mol. The second kappa shape index (κ2) is 7.67. The van der Waals surface area contributed by atoms with Crippen LogP contribution < -0.4 is 5.73 Å². The van der Waals surface area contributed by atoms with Crippen LogP contribution in [0, 0.1) is 0 Å². The van der Waals surface area contributed by atoms with Crippen molar-refractivity contribution in [2.45, 2.75) is 32.0 Å². The fraction of sp³-hybridized carbons (Fsp3) is 0.250. The standard InChI is InChI=1S/C20H19F3N4O2/c1-11(2)19(29)14(24)6-3-12-4-8-18(28)17(9-12)27-25-15-7-5-13(20(21,22)23)10-16(15)26-27/h4-5,7-10,14,28H,1,3,6,24H2,2H3. The number of hydrogen-bond donors (Lipinski definition) is 2. The molecule has 29 heavy (non-hydrogen) atoms. The lowest BCUT2D eigenvalue weighted by atomic mass is 9.99. The van der Waals surface area contributed by atoms with Crippen LogP contribution in [0.2, 0.25) is 0 Å². The average molecular weight is 404 g/mol. The first-order chi connectivity index (χ1) is 13.6. The summed E-state index contributed by atoms with van der Waals surface area (Å²) in [5, 5.41) is 18.4. The number of fused-ring (bicyclic) bond motifs is 1. The van der Waals surface area contributed by atoms with Crippen LogP contribution in [0.25, 0.3) is 16.7 Å². The highest BCUT2D eigenvalue weighted by Gasteiger charge is 2.31. The van der Waals surface area contributed by atoms with E-state index in [1.165, 1.54) is 12.1 Å². The van der Waals surface area contributed by atoms with Gasteiger partial charge in [0.1, 0.15) is 22.5 Å². The number of phenols is 1. The Balaban J connectivity index is 1.88. The summed E-state index contributed by atoms with van der Waals surface area (Å²) in [5.74, 6) is -0.350. The smallest absolute Gasteiger partial charge is 0.416 e. The quantitative estimate of drug-likeness (QED) is 0.613. The zero-order valence-corrected chi connectivity index (χ0v) is 15.6. The molecule has 0 aliphatic carbocycles. The molecule has 152 valence electrons. The Hall–Kier alpha value is -3.20. The molecular weight excluding hydrogens is 385 g/mol. The number of Topliss-reactive ketones (excluding diaryl/α,β-unsaturated/α-hetero) is 1. The zero-order valence-electron chi connectivity index (χ0n) is 15.6. The summed E-state index contributed by atoms with van der Waals surface area (Å²) < 4.78 is 38.7. The third-order valence-corrected chi connectivity index (χ3v) is 4.46. The van der Waals surface area contributed by atoms with E-state index in [0.717, 1.165) is 22.5 Å². The van der Waals surface area contributed by atoms with Gasteiger partial charge in [-0.3, -0.25) is 4.79 Å². The molecule has 3 rings (SSSR count). The fourth-order valence-corrected chi connectivity index (χ4v) is 2.85. The number of ketones is 1. The summed E-state index contributed by atoms with van der Waals surface area (Å²) in [6.07, 6.45) is -3.66. The van der Waals surface area contributed by atoms with Crippen LogP contribution in [0.4, 0.5) is 13.2 Å². The fourth-order valence-electron chi connectivity index (χ4n) is 2.85. The molecule has 0 radical (unpaired) electrons. The van der Waals surface area contributed by atoms with Crippen LogP contribution in [-0.2, 0) is 17.4 Å². The van der Waals surface area contributed by atoms with Gasteiger partial charge in [-0.1, -0.05) is 12.6 Å². The van der Waals surface area contributed by atoms with E-state index in [1.54, 1.807) is 19.1 Å². The van der Waals surface area contributed by atoms with Gasteiger partial charge >= 0.3 is 6.18 Å². The lowest BCUT2D eigenvalue weighted by molar-refractivity contribution is -0.137. The van der Waals surface area contributed by atoms with E-state index in [0.29, 0.717) is 18.4 Å². The molecule has 0 aliphatic heterocycles. The van der Waals surface area contributed by atoms with Crippen molar-refractivity contribution in [2.75, 3.05) is 0 Å². The Morgan fingerprint density at radius 3 is 2.55 bits per heavy atom. The first-order valence-corrected chi connectivity index (χ1v) is 8.78. The molecule has 0 fully saturated rings. The topological polar surface area (TPSA) is 94.0 Å². The Labute approximate surface area is 164 Å². The summed E-state index contributed by atoms with van der Waals surface area (Å²) in [6.45, 7) is 5.18. The van der Waals surface area contributed by atoms with Gasteiger partial charge < -0.3 is 10.8 Å². The van der Waals surface area contributed by atoms with E-state index < -0.39 is 17.8 Å². The molecule has 1 unspecified atom stereocenters. The number of aromatic hydroxyl groups is 1. The van der Waals surface area contributed by atoms with Crippen molar-refractivity contribution in [2.24, 2.45) is 5.73 Å². The van der Waals surface area contributed by atoms with Gasteiger partial charge in [0.2, 0.25) is 0 Å². The largest absolute Gasteiger partial charge is 0.506 e. The van der Waals surface area contributed by atoms with Gasteiger partial charge in [0.25, 0.3) is 0 Å². The van der Waals surface area contributed by atoms with Crippen LogP contribution in [-0.4, -0.2) is 31.9 Å². The summed E-state index contributed by atoms with van der Waals surface area (Å²) in [5.41, 5.74) is 6.71. The number of nitrogens with two attached hydrogens (primary N) is 1. The predicted molar refractivity (Wildman–Crippen MR) is 102 cm³/mol. The second-order valence-corrected chi connectivity index (χ2v) is 6.80. The second-order valence-electron chi connectivity index (χ2n) is 6.80. The molecular formula is C20H19F3N4O2. The highest BCUT2D eigenvalue weighted by Crippen LogP contribution is 2.31. The molecule has 1 heterocycles. The molecule has 0 aliphatic rings. The SMILES string of the molecule is C=C(C)C(=O)C(N)CCc1ccc(O)c(-n2nc3ccc(C(F)(F)F)cc3n2)c1. The minimum Gasteiger partial charge on any atom is -0.506 e. The number of carbonyl (C=O) groups is 1. The van der Waals surface area contributed by atoms with Crippen molar-refractivity contribution in [1.82, 2.24) is 15.0 Å². The molecule has 0 amide bonds. The first-order valence-electron chi connectivity index (χ1n) is 8.78. The molecule has 9 heteroatoms. The van der Waals surface area contributed by atoms with E-state index in [4.69, 9.17) is 5.73 Å². The summed E-state index contributed by atoms with van der Waals surface area (Å²) in [4.78, 5) is 12.9. The van der Waals surface area contributed by atoms with Crippen LogP contribution in [0.1, 0.15) is 24.5 Å². The molecule has 3 N–H and O–H groups in total. The lowest BCUT2D eigenvalue weighted by Gasteiger charge is -2.11. The normalized spacial score (nSPS) is 12.9. The van der Waals surface area contributed by atoms with E-state index in [1.807, 2.05) is 0 Å². The van der Waals surface area contributed by atoms with Gasteiger partial charge in [0.15, 0.2) is 5.78 Å². The Morgan fingerprint density at radius 1 is 1.21 bits per heavy atom. The minimum absolute atomic E-state index is 0.0544. The number of carbonyl (C=O) groups excluding carboxylic acids is 1. The van der Waals surface area contributed by atoms with Crippen molar-refractivity contribution in [3.05, 3.63) is 59.7 Å². The van der Waals surface area contributed by atoms with Crippen molar-refractivity contribution in [3.63, 3.8) is 0 Å². The first kappa shape index (κ1) is 20.5. The summed E-state index contributed by atoms with van der Waals surface area (Å²) in [7, 11) is 0. The van der Waals surface area contributed by atoms with Gasteiger partial charge in [-0.25, -0.2) is 0 Å². The number of aromatic nitrogens is 3. The third-order valence-electron chi connectivity index (χ3n) is 4.46. The number of alkyl halides is 3. The van der Waals surface area contributed by atoms with Crippen molar-refractivity contribution >= 4 is 16.8 Å². The predicted octanol–water partition coefficient (Wildman–Crippen LogP) is 3.55. The van der Waals surface area contributed by atoms with E-state index in [2.05, 4.69) is 16.8 Å². The number of hydrogen-bond acceptors (Lipinski definition) is 5. The number of rotatable bonds is 6. The highest BCUT2D eigenvalue weighted by molar-refractivity contribution is 5.98. The van der Waals surface area contributed by atoms with Crippen LogP contribution in [0.3, 0.4) is 0 Å². The van der Waals surface area contributed by atoms with Crippen molar-refractivity contribution in [3.8, 4) is 11.4 Å². The molecule has 0 saturated heterocycles. The van der Waals surface area contributed by atoms with Crippen LogP contribution in [0.5, 0.6) is 5.75 Å². The van der Waals surface area contributed by atoms with Crippen molar-refractivity contribution < 1.29 is 23.1 Å². The van der Waals surface area contributed by atoms with Gasteiger partial charge in [-0.15, -0.1) is 15.0 Å². The van der Waals surface area contributed by atoms with E-state index >= 15 is 0 Å². The highest BCUT2D eigenvalue weighted by atomic mass is 19.4. The molecule has 2 aromatic carbocycles. The number of aryl methyl sites for hydroxylation is 1. The van der Waals surface area contributed by atoms with Gasteiger partial charge in [-0.2, -0.15) is 13.2 Å². The van der Waals surface area contributed by atoms with Crippen LogP contribution in [0.15, 0.2) is 48.6 Å². The Morgan fingerprint density at radius 2 is 1.90 bits per heavy atom. The number of phenolic OH excluding ortho intramolecular Hbond substituents is 1. The third kappa shape index (κ3) is 4.45. The maximum absolute atomic E-state index is 12.9. The summed E-state index contributed by atoms with van der Waals surface area (Å²) >= 11 is 0. The van der Waals surface area contributed by atoms with Gasteiger partial charge in [0.05, 0.1) is 11.6 Å². The molecule has 0 bridgehead atoms. The molecule has 6 nitrogen and oxygen atoms in total. The maximum atomic E-state index is 12.9. The average Bonchev–Trinajstić information content (AvgIpc) is 3.08. The lowest BCUT2D eigenvalue weighted by Crippen LogP contribution is -2.31. The molecule has 1 aromatic heterocycles. The van der Waals surface area contributed by atoms with E-state index in [-0.39, 0.29) is 28.3 Å². The van der Waals surface area contributed by atoms with Crippen molar-refractivity contribution in [1.29, 1.82) is 0 Å². The molecule has 1 atom stereocenters. The van der Waals surface area contributed by atoms with Gasteiger partial charge in [0, 0.05) is 0 Å². The maximum Gasteiger partial charge on any atom is 0.416 e. The van der Waals surface area contributed by atoms with Crippen LogP contribution >= 0.6 is 0 Å². The minimum atomic E-state index is -4.49. The number of nitrogens with zero attached hydrogens (tertiary/aromatic N) is 3. The number of benzene rings is 2. The van der Waals surface area contributed by atoms with Gasteiger partial charge in [-0.05, 0) is 61.2 Å². The Kier molecular flexibility index (Phi) is 5.43. The van der Waals surface area contributed by atoms with E-state index in [9.17, 15) is 23.1 Å². The molecule has 0 saturated carbocycles. The summed E-state index contributed by atoms with van der Waals surface area (Å²) in [6, 6.07) is 7.09. The Bertz CT molecular complexity index is 1090.